The molecule has 1 fully saturated rings. The van der Waals surface area contributed by atoms with E-state index < -0.39 is 0 Å². The van der Waals surface area contributed by atoms with Crippen molar-refractivity contribution in [3.8, 4) is 0 Å². The SMILES string of the molecule is c1cc2nncn2nc1NCCCN1CCOCC1. The molecule has 2 aromatic heterocycles. The predicted molar refractivity (Wildman–Crippen MR) is 71.1 cm³/mol. The molecule has 3 heterocycles. The Hall–Kier alpha value is -1.73. The minimum Gasteiger partial charge on any atom is -0.379 e. The Morgan fingerprint density at radius 2 is 2.16 bits per heavy atom. The lowest BCUT2D eigenvalue weighted by molar-refractivity contribution is 0.0378. The third kappa shape index (κ3) is 3.18. The molecule has 1 aliphatic heterocycles. The van der Waals surface area contributed by atoms with Crippen LogP contribution >= 0.6 is 0 Å². The van der Waals surface area contributed by atoms with Gasteiger partial charge in [-0.05, 0) is 25.1 Å². The van der Waals surface area contributed by atoms with Crippen molar-refractivity contribution < 1.29 is 4.74 Å². The van der Waals surface area contributed by atoms with Crippen LogP contribution in [0.1, 0.15) is 6.42 Å². The minimum atomic E-state index is 0.763. The second-order valence-electron chi connectivity index (χ2n) is 4.59. The molecule has 0 saturated carbocycles. The average Bonchev–Trinajstić information content (AvgIpc) is 2.92. The molecule has 0 radical (unpaired) electrons. The molecule has 1 saturated heterocycles. The Labute approximate surface area is 111 Å². The van der Waals surface area contributed by atoms with Gasteiger partial charge in [-0.15, -0.1) is 15.3 Å². The Morgan fingerprint density at radius 3 is 3.05 bits per heavy atom. The van der Waals surface area contributed by atoms with E-state index in [0.29, 0.717) is 0 Å². The summed E-state index contributed by atoms with van der Waals surface area (Å²) in [7, 11) is 0. The largest absolute Gasteiger partial charge is 0.379 e. The van der Waals surface area contributed by atoms with E-state index in [1.807, 2.05) is 12.1 Å². The van der Waals surface area contributed by atoms with Gasteiger partial charge in [-0.25, -0.2) is 0 Å². The highest BCUT2D eigenvalue weighted by molar-refractivity contribution is 5.42. The summed E-state index contributed by atoms with van der Waals surface area (Å²) in [5, 5.41) is 15.4. The highest BCUT2D eigenvalue weighted by Gasteiger charge is 2.09. The van der Waals surface area contributed by atoms with Gasteiger partial charge >= 0.3 is 0 Å². The molecule has 0 amide bonds. The molecule has 102 valence electrons. The van der Waals surface area contributed by atoms with Crippen molar-refractivity contribution >= 4 is 11.5 Å². The third-order valence-corrected chi connectivity index (χ3v) is 3.22. The van der Waals surface area contributed by atoms with E-state index >= 15 is 0 Å². The molecule has 0 bridgehead atoms. The Morgan fingerprint density at radius 1 is 1.26 bits per heavy atom. The first-order chi connectivity index (χ1) is 9.42. The second-order valence-corrected chi connectivity index (χ2v) is 4.59. The molecular formula is C12H18N6O. The van der Waals surface area contributed by atoms with Crippen molar-refractivity contribution in [3.63, 3.8) is 0 Å². The maximum absolute atomic E-state index is 5.33. The fraction of sp³-hybridized carbons (Fsp3) is 0.583. The van der Waals surface area contributed by atoms with E-state index in [4.69, 9.17) is 4.74 Å². The fourth-order valence-electron chi connectivity index (χ4n) is 2.17. The molecular weight excluding hydrogens is 244 g/mol. The van der Waals surface area contributed by atoms with Crippen molar-refractivity contribution in [2.24, 2.45) is 0 Å². The standard InChI is InChI=1S/C12H18N6O/c1(5-17-6-8-19-9-7-17)4-13-11-2-3-12-15-14-10-18(12)16-11/h2-3,10H,1,4-9H2,(H,13,16). The van der Waals surface area contributed by atoms with E-state index in [-0.39, 0.29) is 0 Å². The summed E-state index contributed by atoms with van der Waals surface area (Å²) < 4.78 is 7.00. The first-order valence-corrected chi connectivity index (χ1v) is 6.63. The highest BCUT2D eigenvalue weighted by atomic mass is 16.5. The van der Waals surface area contributed by atoms with Gasteiger partial charge in [0.25, 0.3) is 0 Å². The van der Waals surface area contributed by atoms with Crippen molar-refractivity contribution in [2.45, 2.75) is 6.42 Å². The monoisotopic (exact) mass is 262 g/mol. The van der Waals surface area contributed by atoms with Gasteiger partial charge in [0.15, 0.2) is 5.65 Å². The summed E-state index contributed by atoms with van der Waals surface area (Å²) in [5.41, 5.74) is 0.763. The molecule has 0 unspecified atom stereocenters. The number of ether oxygens (including phenoxy) is 1. The van der Waals surface area contributed by atoms with Gasteiger partial charge in [0, 0.05) is 19.6 Å². The van der Waals surface area contributed by atoms with Crippen molar-refractivity contribution in [2.75, 3.05) is 44.7 Å². The van der Waals surface area contributed by atoms with E-state index in [0.717, 1.165) is 57.3 Å². The number of hydrogen-bond donors (Lipinski definition) is 1. The van der Waals surface area contributed by atoms with Gasteiger partial charge in [-0.2, -0.15) is 4.52 Å². The van der Waals surface area contributed by atoms with Crippen LogP contribution in [0.4, 0.5) is 5.82 Å². The van der Waals surface area contributed by atoms with Gasteiger partial charge < -0.3 is 10.1 Å². The zero-order chi connectivity index (χ0) is 12.9. The van der Waals surface area contributed by atoms with Gasteiger partial charge in [0.05, 0.1) is 13.2 Å². The van der Waals surface area contributed by atoms with Crippen molar-refractivity contribution in [1.29, 1.82) is 0 Å². The normalized spacial score (nSPS) is 16.8. The zero-order valence-electron chi connectivity index (χ0n) is 10.8. The van der Waals surface area contributed by atoms with Crippen LogP contribution in [0.15, 0.2) is 18.5 Å². The summed E-state index contributed by atoms with van der Waals surface area (Å²) in [6.45, 7) is 5.83. The summed E-state index contributed by atoms with van der Waals surface area (Å²) in [6.07, 6.45) is 2.70. The number of morpholine rings is 1. The molecule has 1 aliphatic rings. The summed E-state index contributed by atoms with van der Waals surface area (Å²) in [5.74, 6) is 0.856. The summed E-state index contributed by atoms with van der Waals surface area (Å²) in [6, 6.07) is 3.84. The van der Waals surface area contributed by atoms with E-state index in [1.165, 1.54) is 0 Å². The third-order valence-electron chi connectivity index (χ3n) is 3.22. The van der Waals surface area contributed by atoms with E-state index in [9.17, 15) is 0 Å². The van der Waals surface area contributed by atoms with Crippen LogP contribution in [-0.4, -0.2) is 64.1 Å². The van der Waals surface area contributed by atoms with Crippen LogP contribution in [0.5, 0.6) is 0 Å². The number of aromatic nitrogens is 4. The van der Waals surface area contributed by atoms with Crippen molar-refractivity contribution in [1.82, 2.24) is 24.7 Å². The van der Waals surface area contributed by atoms with Crippen LogP contribution in [0, 0.1) is 0 Å². The minimum absolute atomic E-state index is 0.763. The second kappa shape index (κ2) is 5.94. The lowest BCUT2D eigenvalue weighted by Gasteiger charge is -2.26. The molecule has 7 heteroatoms. The van der Waals surface area contributed by atoms with E-state index in [2.05, 4.69) is 25.5 Å². The molecule has 19 heavy (non-hydrogen) atoms. The van der Waals surface area contributed by atoms with E-state index in [1.54, 1.807) is 10.8 Å². The maximum Gasteiger partial charge on any atom is 0.177 e. The zero-order valence-corrected chi connectivity index (χ0v) is 10.8. The molecule has 1 N–H and O–H groups in total. The number of nitrogens with one attached hydrogen (secondary N) is 1. The molecule has 0 atom stereocenters. The maximum atomic E-state index is 5.33. The number of fused-ring (bicyclic) bond motifs is 1. The van der Waals surface area contributed by atoms with Gasteiger partial charge in [-0.3, -0.25) is 4.90 Å². The number of hydrogen-bond acceptors (Lipinski definition) is 6. The molecule has 2 aromatic rings. The topological polar surface area (TPSA) is 67.6 Å². The molecule has 0 aliphatic carbocycles. The molecule has 0 aromatic carbocycles. The first kappa shape index (κ1) is 12.3. The molecule has 7 nitrogen and oxygen atoms in total. The molecule has 0 spiro atoms. The Bertz CT molecular complexity index is 522. The number of anilines is 1. The van der Waals surface area contributed by atoms with Crippen LogP contribution in [0.25, 0.3) is 5.65 Å². The average molecular weight is 262 g/mol. The van der Waals surface area contributed by atoms with Crippen LogP contribution in [-0.2, 0) is 4.74 Å². The lowest BCUT2D eigenvalue weighted by atomic mass is 10.3. The molecule has 3 rings (SSSR count). The van der Waals surface area contributed by atoms with Crippen molar-refractivity contribution in [3.05, 3.63) is 18.5 Å². The van der Waals surface area contributed by atoms with Gasteiger partial charge in [0.2, 0.25) is 0 Å². The lowest BCUT2D eigenvalue weighted by Crippen LogP contribution is -2.37. The smallest absolute Gasteiger partial charge is 0.177 e. The van der Waals surface area contributed by atoms with Gasteiger partial charge in [-0.1, -0.05) is 0 Å². The fourth-order valence-corrected chi connectivity index (χ4v) is 2.17. The highest BCUT2D eigenvalue weighted by Crippen LogP contribution is 2.04. The van der Waals surface area contributed by atoms with Crippen LogP contribution in [0.2, 0.25) is 0 Å². The first-order valence-electron chi connectivity index (χ1n) is 6.63. The Balaban J connectivity index is 1.43. The van der Waals surface area contributed by atoms with Crippen LogP contribution < -0.4 is 5.32 Å². The summed E-state index contributed by atoms with van der Waals surface area (Å²) >= 11 is 0. The quantitative estimate of drug-likeness (QED) is 0.780. The van der Waals surface area contributed by atoms with Gasteiger partial charge in [0.1, 0.15) is 12.1 Å². The number of rotatable bonds is 5. The number of nitrogens with zero attached hydrogens (tertiary/aromatic N) is 5. The summed E-state index contributed by atoms with van der Waals surface area (Å²) in [4.78, 5) is 2.43. The predicted octanol–water partition coefficient (Wildman–Crippen LogP) is 0.258. The van der Waals surface area contributed by atoms with Crippen LogP contribution in [0.3, 0.4) is 0 Å². The Kier molecular flexibility index (Phi) is 3.85.